The number of halogens is 1. The molecule has 1 heterocycles. The maximum absolute atomic E-state index is 13.4. The minimum Gasteiger partial charge on any atom is -0.492 e. The van der Waals surface area contributed by atoms with Gasteiger partial charge in [0.2, 0.25) is 0 Å². The third kappa shape index (κ3) is 5.63. The van der Waals surface area contributed by atoms with Gasteiger partial charge in [-0.2, -0.15) is 5.10 Å². The number of nitrogens with two attached hydrogens (primary N) is 1. The Morgan fingerprint density at radius 3 is 2.64 bits per heavy atom. The van der Waals surface area contributed by atoms with E-state index in [9.17, 15) is 4.79 Å². The molecule has 2 N–H and O–H groups in total. The third-order valence-electron chi connectivity index (χ3n) is 7.02. The molecule has 6 nitrogen and oxygen atoms in total. The number of carbonyl (C=O) groups excluding carboxylic acids is 1. The second-order valence-corrected chi connectivity index (χ2v) is 9.36. The van der Waals surface area contributed by atoms with Crippen LogP contribution in [-0.2, 0) is 0 Å². The first-order chi connectivity index (χ1) is 16.1. The van der Waals surface area contributed by atoms with Gasteiger partial charge in [-0.05, 0) is 80.3 Å². The predicted molar refractivity (Wildman–Crippen MR) is 130 cm³/mol. The summed E-state index contributed by atoms with van der Waals surface area (Å²) in [6.07, 6.45) is 12.4. The van der Waals surface area contributed by atoms with Gasteiger partial charge in [0.15, 0.2) is 5.69 Å². The lowest BCUT2D eigenvalue weighted by Crippen LogP contribution is -2.49. The fraction of sp³-hybridized carbons (Fsp3) is 0.423. The number of benzene rings is 1. The fourth-order valence-corrected chi connectivity index (χ4v) is 5.31. The Labute approximate surface area is 200 Å². The molecule has 4 rings (SSSR count). The summed E-state index contributed by atoms with van der Waals surface area (Å²) in [6, 6.07) is 13.2. The lowest BCUT2D eigenvalue weighted by molar-refractivity contribution is 0.0409. The Balaban J connectivity index is 1.45. The molecule has 1 aromatic carbocycles. The van der Waals surface area contributed by atoms with Crippen molar-refractivity contribution in [2.75, 3.05) is 19.7 Å². The van der Waals surface area contributed by atoms with E-state index in [1.165, 1.54) is 0 Å². The predicted octanol–water partition coefficient (Wildman–Crippen LogP) is 4.58. The molecule has 0 bridgehead atoms. The number of hydrogen-bond donors (Lipinski definition) is 1. The first-order valence-corrected chi connectivity index (χ1v) is 12.0. The Morgan fingerprint density at radius 2 is 1.97 bits per heavy atom. The van der Waals surface area contributed by atoms with Gasteiger partial charge in [0.1, 0.15) is 12.4 Å². The van der Waals surface area contributed by atoms with Crippen LogP contribution in [0.15, 0.2) is 71.9 Å². The van der Waals surface area contributed by atoms with Crippen molar-refractivity contribution < 1.29 is 9.53 Å². The van der Waals surface area contributed by atoms with Gasteiger partial charge >= 0.3 is 0 Å². The number of nitrogens with zero attached hydrogens (tertiary/aromatic N) is 3. The minimum atomic E-state index is -0.103. The molecule has 1 saturated carbocycles. The number of hydrogen-bond acceptors (Lipinski definition) is 5. The van der Waals surface area contributed by atoms with Gasteiger partial charge in [-0.25, -0.2) is 0 Å². The number of aromatic nitrogens is 2. The molecular weight excluding hydrogens is 436 g/mol. The SMILES string of the molecule is NC[C@]1(C2C=CC=C(Cl)C2)CC[C@H](N(CCOc2ccccc2)C(=O)c2cccnn2)CC1. The lowest BCUT2D eigenvalue weighted by atomic mass is 9.63. The van der Waals surface area contributed by atoms with Crippen LogP contribution in [0.3, 0.4) is 0 Å². The highest BCUT2D eigenvalue weighted by atomic mass is 35.5. The molecule has 1 unspecified atom stereocenters. The molecule has 0 spiro atoms. The van der Waals surface area contributed by atoms with Gasteiger partial charge in [-0.15, -0.1) is 5.10 Å². The highest BCUT2D eigenvalue weighted by Gasteiger charge is 2.42. The van der Waals surface area contributed by atoms with Crippen LogP contribution in [0.2, 0.25) is 0 Å². The average Bonchev–Trinajstić information content (AvgIpc) is 2.88. The number of para-hydroxylation sites is 1. The van der Waals surface area contributed by atoms with E-state index in [0.717, 1.165) is 42.9 Å². The molecule has 0 saturated heterocycles. The molecule has 0 radical (unpaired) electrons. The summed E-state index contributed by atoms with van der Waals surface area (Å²) >= 11 is 6.34. The van der Waals surface area contributed by atoms with Crippen LogP contribution in [0.25, 0.3) is 0 Å². The number of allylic oxidation sites excluding steroid dienone is 4. The van der Waals surface area contributed by atoms with Crippen LogP contribution in [0.5, 0.6) is 5.75 Å². The summed E-state index contributed by atoms with van der Waals surface area (Å²) in [5, 5.41) is 8.83. The van der Waals surface area contributed by atoms with Crippen LogP contribution >= 0.6 is 11.6 Å². The third-order valence-corrected chi connectivity index (χ3v) is 7.30. The van der Waals surface area contributed by atoms with Crippen LogP contribution < -0.4 is 10.5 Å². The minimum absolute atomic E-state index is 0.0171. The zero-order valence-electron chi connectivity index (χ0n) is 18.8. The van der Waals surface area contributed by atoms with E-state index in [-0.39, 0.29) is 17.4 Å². The average molecular weight is 467 g/mol. The monoisotopic (exact) mass is 466 g/mol. The zero-order valence-corrected chi connectivity index (χ0v) is 19.5. The largest absolute Gasteiger partial charge is 0.492 e. The molecule has 174 valence electrons. The van der Waals surface area contributed by atoms with E-state index in [1.54, 1.807) is 18.3 Å². The molecule has 2 aliphatic rings. The molecule has 1 amide bonds. The molecule has 2 aliphatic carbocycles. The molecule has 33 heavy (non-hydrogen) atoms. The maximum Gasteiger partial charge on any atom is 0.274 e. The molecule has 0 aliphatic heterocycles. The molecular formula is C26H31ClN4O2. The summed E-state index contributed by atoms with van der Waals surface area (Å²) in [7, 11) is 0. The van der Waals surface area contributed by atoms with Gasteiger partial charge in [0.05, 0.1) is 6.54 Å². The molecule has 7 heteroatoms. The van der Waals surface area contributed by atoms with E-state index in [0.29, 0.717) is 31.3 Å². The van der Waals surface area contributed by atoms with Crippen LogP contribution in [-0.4, -0.2) is 46.7 Å². The van der Waals surface area contributed by atoms with Gasteiger partial charge < -0.3 is 15.4 Å². The van der Waals surface area contributed by atoms with Crippen LogP contribution in [0.1, 0.15) is 42.6 Å². The van der Waals surface area contributed by atoms with Gasteiger partial charge in [-0.1, -0.05) is 42.0 Å². The summed E-state index contributed by atoms with van der Waals surface area (Å²) in [5.74, 6) is 1.03. The van der Waals surface area contributed by atoms with E-state index in [2.05, 4.69) is 16.3 Å². The van der Waals surface area contributed by atoms with Crippen molar-refractivity contribution in [3.8, 4) is 5.75 Å². The smallest absolute Gasteiger partial charge is 0.274 e. The topological polar surface area (TPSA) is 81.3 Å². The van der Waals surface area contributed by atoms with Crippen molar-refractivity contribution in [1.29, 1.82) is 0 Å². The quantitative estimate of drug-likeness (QED) is 0.615. The van der Waals surface area contributed by atoms with Crippen molar-refractivity contribution >= 4 is 17.5 Å². The Hall–Kier alpha value is -2.70. The normalized spacial score (nSPS) is 24.7. The second kappa shape index (κ2) is 10.9. The number of carbonyl (C=O) groups is 1. The lowest BCUT2D eigenvalue weighted by Gasteiger charge is -2.47. The highest BCUT2D eigenvalue weighted by Crippen LogP contribution is 2.47. The van der Waals surface area contributed by atoms with Crippen LogP contribution in [0.4, 0.5) is 0 Å². The van der Waals surface area contributed by atoms with Crippen LogP contribution in [0, 0.1) is 11.3 Å². The van der Waals surface area contributed by atoms with Crippen molar-refractivity contribution in [3.05, 3.63) is 77.6 Å². The summed E-state index contributed by atoms with van der Waals surface area (Å²) in [4.78, 5) is 15.3. The van der Waals surface area contributed by atoms with E-state index < -0.39 is 0 Å². The highest BCUT2D eigenvalue weighted by molar-refractivity contribution is 6.29. The van der Waals surface area contributed by atoms with E-state index in [1.807, 2.05) is 47.4 Å². The summed E-state index contributed by atoms with van der Waals surface area (Å²) < 4.78 is 5.90. The first-order valence-electron chi connectivity index (χ1n) is 11.6. The summed E-state index contributed by atoms with van der Waals surface area (Å²) in [6.45, 7) is 1.52. The maximum atomic E-state index is 13.4. The number of ether oxygens (including phenoxy) is 1. The van der Waals surface area contributed by atoms with Crippen molar-refractivity contribution in [2.45, 2.75) is 38.1 Å². The molecule has 2 aromatic rings. The number of amides is 1. The van der Waals surface area contributed by atoms with E-state index >= 15 is 0 Å². The van der Waals surface area contributed by atoms with Crippen molar-refractivity contribution in [1.82, 2.24) is 15.1 Å². The molecule has 1 aromatic heterocycles. The second-order valence-electron chi connectivity index (χ2n) is 8.88. The molecule has 1 fully saturated rings. The Bertz CT molecular complexity index is 972. The first kappa shape index (κ1) is 23.5. The van der Waals surface area contributed by atoms with Gasteiger partial charge in [0.25, 0.3) is 5.91 Å². The fourth-order valence-electron chi connectivity index (χ4n) is 5.07. The zero-order chi connectivity index (χ0) is 23.1. The Kier molecular flexibility index (Phi) is 7.78. The summed E-state index contributed by atoms with van der Waals surface area (Å²) in [5.41, 5.74) is 6.69. The Morgan fingerprint density at radius 1 is 1.18 bits per heavy atom. The van der Waals surface area contributed by atoms with Crippen molar-refractivity contribution in [3.63, 3.8) is 0 Å². The van der Waals surface area contributed by atoms with E-state index in [4.69, 9.17) is 22.1 Å². The molecule has 1 atom stereocenters. The van der Waals surface area contributed by atoms with Gasteiger partial charge in [0, 0.05) is 17.3 Å². The standard InChI is InChI=1S/C26H31ClN4O2/c27-21-7-4-6-20(18-21)26(19-28)13-11-22(12-14-26)31(25(32)24-10-5-15-29-30-24)16-17-33-23-8-2-1-3-9-23/h1-10,15,20,22H,11-14,16-19,28H2/t20?,22-,26-. The van der Waals surface area contributed by atoms with Gasteiger partial charge in [-0.3, -0.25) is 4.79 Å². The number of rotatable bonds is 8. The van der Waals surface area contributed by atoms with Crippen molar-refractivity contribution in [2.24, 2.45) is 17.1 Å².